The molecule has 0 radical (unpaired) electrons. The van der Waals surface area contributed by atoms with Gasteiger partial charge in [-0.3, -0.25) is 0 Å². The van der Waals surface area contributed by atoms with Gasteiger partial charge in [-0.15, -0.1) is 0 Å². The average Bonchev–Trinajstić information content (AvgIpc) is 2.06. The highest BCUT2D eigenvalue weighted by Gasteiger charge is 2.21. The second-order valence-electron chi connectivity index (χ2n) is 3.00. The van der Waals surface area contributed by atoms with Crippen molar-refractivity contribution in [2.45, 2.75) is 6.04 Å². The van der Waals surface area contributed by atoms with Gasteiger partial charge in [-0.25, -0.2) is 0 Å². The minimum absolute atomic E-state index is 0.0372. The molecule has 2 aliphatic rings. The molecule has 0 bridgehead atoms. The van der Waals surface area contributed by atoms with Gasteiger partial charge in [0.15, 0.2) is 5.88 Å². The van der Waals surface area contributed by atoms with Gasteiger partial charge >= 0.3 is 0 Å². The van der Waals surface area contributed by atoms with Crippen molar-refractivity contribution in [3.05, 3.63) is 47.2 Å². The van der Waals surface area contributed by atoms with Crippen molar-refractivity contribution in [2.75, 3.05) is 0 Å². The molecule has 4 heteroatoms. The molecular weight excluding hydrogens is 168 g/mol. The summed E-state index contributed by atoms with van der Waals surface area (Å²) in [6, 6.07) is -0.183. The first kappa shape index (κ1) is 7.79. The SMILES string of the molecule is NC1=CC2=C(O)C=C(O)NC2C=C1. The summed E-state index contributed by atoms with van der Waals surface area (Å²) in [7, 11) is 0. The summed E-state index contributed by atoms with van der Waals surface area (Å²) in [5, 5.41) is 21.4. The van der Waals surface area contributed by atoms with Crippen LogP contribution in [0.3, 0.4) is 0 Å². The highest BCUT2D eigenvalue weighted by atomic mass is 16.3. The van der Waals surface area contributed by atoms with Crippen LogP contribution < -0.4 is 11.1 Å². The molecule has 0 spiro atoms. The Balaban J connectivity index is 2.46. The van der Waals surface area contributed by atoms with E-state index in [1.165, 1.54) is 6.08 Å². The van der Waals surface area contributed by atoms with Crippen molar-refractivity contribution < 1.29 is 10.2 Å². The lowest BCUT2D eigenvalue weighted by Crippen LogP contribution is -2.33. The van der Waals surface area contributed by atoms with Crippen LogP contribution in [-0.2, 0) is 0 Å². The fourth-order valence-electron chi connectivity index (χ4n) is 1.40. The van der Waals surface area contributed by atoms with Crippen LogP contribution in [0.2, 0.25) is 0 Å². The Kier molecular flexibility index (Phi) is 1.55. The maximum atomic E-state index is 9.46. The molecule has 13 heavy (non-hydrogen) atoms. The van der Waals surface area contributed by atoms with Crippen molar-refractivity contribution in [1.82, 2.24) is 5.32 Å². The highest BCUT2D eigenvalue weighted by molar-refractivity contribution is 5.46. The predicted octanol–water partition coefficient (Wildman–Crippen LogP) is 0.582. The summed E-state index contributed by atoms with van der Waals surface area (Å²) in [6.07, 6.45) is 6.45. The van der Waals surface area contributed by atoms with E-state index >= 15 is 0 Å². The Labute approximate surface area is 75.4 Å². The number of rotatable bonds is 0. The molecular formula is C9H10N2O2. The first-order chi connectivity index (χ1) is 6.16. The molecule has 1 aliphatic carbocycles. The number of fused-ring (bicyclic) bond motifs is 1. The summed E-state index contributed by atoms with van der Waals surface area (Å²) < 4.78 is 0. The van der Waals surface area contributed by atoms with Crippen LogP contribution in [0.4, 0.5) is 0 Å². The fraction of sp³-hybridized carbons (Fsp3) is 0.111. The van der Waals surface area contributed by atoms with E-state index in [2.05, 4.69) is 5.32 Å². The van der Waals surface area contributed by atoms with Gasteiger partial charge in [0.25, 0.3) is 0 Å². The van der Waals surface area contributed by atoms with Crippen LogP contribution >= 0.6 is 0 Å². The first-order valence-corrected chi connectivity index (χ1v) is 3.92. The highest BCUT2D eigenvalue weighted by Crippen LogP contribution is 2.21. The number of hydrogen-bond acceptors (Lipinski definition) is 4. The zero-order chi connectivity index (χ0) is 9.42. The third-order valence-electron chi connectivity index (χ3n) is 2.01. The molecule has 1 aliphatic heterocycles. The van der Waals surface area contributed by atoms with E-state index in [-0.39, 0.29) is 17.7 Å². The molecule has 2 rings (SSSR count). The van der Waals surface area contributed by atoms with Gasteiger partial charge < -0.3 is 21.3 Å². The summed E-state index contributed by atoms with van der Waals surface area (Å²) in [6.45, 7) is 0. The fourth-order valence-corrected chi connectivity index (χ4v) is 1.40. The van der Waals surface area contributed by atoms with Gasteiger partial charge in [0, 0.05) is 17.3 Å². The van der Waals surface area contributed by atoms with Crippen LogP contribution in [0.1, 0.15) is 0 Å². The molecule has 68 valence electrons. The average molecular weight is 178 g/mol. The molecule has 1 unspecified atom stereocenters. The first-order valence-electron chi connectivity index (χ1n) is 3.92. The third-order valence-corrected chi connectivity index (χ3v) is 2.01. The molecule has 0 fully saturated rings. The Hall–Kier alpha value is -1.84. The Morgan fingerprint density at radius 2 is 2.08 bits per heavy atom. The van der Waals surface area contributed by atoms with Crippen LogP contribution in [0.5, 0.6) is 0 Å². The number of aliphatic hydroxyl groups excluding tert-OH is 2. The predicted molar refractivity (Wildman–Crippen MR) is 48.7 cm³/mol. The maximum Gasteiger partial charge on any atom is 0.188 e. The molecule has 1 atom stereocenters. The number of hydrogen-bond donors (Lipinski definition) is 4. The lowest BCUT2D eigenvalue weighted by Gasteiger charge is -2.24. The molecule has 1 heterocycles. The van der Waals surface area contributed by atoms with Crippen LogP contribution in [0, 0.1) is 0 Å². The minimum Gasteiger partial charge on any atom is -0.507 e. The number of allylic oxidation sites excluding steroid dienone is 2. The largest absolute Gasteiger partial charge is 0.507 e. The van der Waals surface area contributed by atoms with E-state index in [4.69, 9.17) is 10.8 Å². The normalized spacial score (nSPS) is 26.0. The van der Waals surface area contributed by atoms with Crippen molar-refractivity contribution >= 4 is 0 Å². The quantitative estimate of drug-likeness (QED) is 0.437. The summed E-state index contributed by atoms with van der Waals surface area (Å²) in [5.74, 6) is 0.0123. The lowest BCUT2D eigenvalue weighted by atomic mass is 9.97. The summed E-state index contributed by atoms with van der Waals surface area (Å²) in [5.41, 5.74) is 6.83. The van der Waals surface area contributed by atoms with Crippen LogP contribution in [0.15, 0.2) is 47.2 Å². The van der Waals surface area contributed by atoms with Crippen molar-refractivity contribution in [1.29, 1.82) is 0 Å². The third kappa shape index (κ3) is 1.26. The van der Waals surface area contributed by atoms with Crippen molar-refractivity contribution in [3.8, 4) is 0 Å². The van der Waals surface area contributed by atoms with E-state index in [0.717, 1.165) is 0 Å². The second kappa shape index (κ2) is 2.58. The van der Waals surface area contributed by atoms with Gasteiger partial charge in [0.1, 0.15) is 5.76 Å². The van der Waals surface area contributed by atoms with Gasteiger partial charge in [0.05, 0.1) is 6.04 Å². The van der Waals surface area contributed by atoms with E-state index in [0.29, 0.717) is 11.3 Å². The topological polar surface area (TPSA) is 78.5 Å². The zero-order valence-corrected chi connectivity index (χ0v) is 6.86. The van der Waals surface area contributed by atoms with Gasteiger partial charge in [-0.05, 0) is 12.2 Å². The van der Waals surface area contributed by atoms with Crippen LogP contribution in [-0.4, -0.2) is 16.3 Å². The Morgan fingerprint density at radius 1 is 1.31 bits per heavy atom. The zero-order valence-electron chi connectivity index (χ0n) is 6.86. The Morgan fingerprint density at radius 3 is 2.85 bits per heavy atom. The molecule has 0 saturated heterocycles. The van der Waals surface area contributed by atoms with E-state index in [1.54, 1.807) is 18.2 Å². The standard InChI is InChI=1S/C9H10N2O2/c10-5-1-2-7-6(3-5)8(12)4-9(13)11-7/h1-4,7,11-13H,10H2. The van der Waals surface area contributed by atoms with Crippen LogP contribution in [0.25, 0.3) is 0 Å². The van der Waals surface area contributed by atoms with Crippen molar-refractivity contribution in [3.63, 3.8) is 0 Å². The van der Waals surface area contributed by atoms with Gasteiger partial charge in [0.2, 0.25) is 0 Å². The number of nitrogens with two attached hydrogens (primary N) is 1. The molecule has 0 aromatic heterocycles. The molecule has 4 nitrogen and oxygen atoms in total. The monoisotopic (exact) mass is 178 g/mol. The molecule has 0 aromatic carbocycles. The van der Waals surface area contributed by atoms with Gasteiger partial charge in [-0.2, -0.15) is 0 Å². The summed E-state index contributed by atoms with van der Waals surface area (Å²) >= 11 is 0. The van der Waals surface area contributed by atoms with E-state index < -0.39 is 0 Å². The molecule has 0 amide bonds. The number of dihydropyridines is 1. The molecule has 0 aromatic rings. The maximum absolute atomic E-state index is 9.46. The van der Waals surface area contributed by atoms with E-state index in [9.17, 15) is 5.11 Å². The lowest BCUT2D eigenvalue weighted by molar-refractivity contribution is 0.334. The second-order valence-corrected chi connectivity index (χ2v) is 3.00. The summed E-state index contributed by atoms with van der Waals surface area (Å²) in [4.78, 5) is 0. The van der Waals surface area contributed by atoms with E-state index in [1.807, 2.05) is 0 Å². The number of aliphatic hydroxyl groups is 2. The molecule has 5 N–H and O–H groups in total. The molecule has 0 saturated carbocycles. The minimum atomic E-state index is -0.183. The Bertz CT molecular complexity index is 364. The van der Waals surface area contributed by atoms with Crippen molar-refractivity contribution in [2.24, 2.45) is 5.73 Å². The number of nitrogens with one attached hydrogen (secondary N) is 1. The van der Waals surface area contributed by atoms with Gasteiger partial charge in [-0.1, -0.05) is 6.08 Å². The smallest absolute Gasteiger partial charge is 0.188 e.